The van der Waals surface area contributed by atoms with Gasteiger partial charge >= 0.3 is 0 Å². The summed E-state index contributed by atoms with van der Waals surface area (Å²) in [5.41, 5.74) is 3.19. The maximum Gasteiger partial charge on any atom is 0.282 e. The van der Waals surface area contributed by atoms with Crippen LogP contribution in [-0.2, 0) is 53.0 Å². The van der Waals surface area contributed by atoms with E-state index in [1.165, 1.54) is 0 Å². The molecule has 2 unspecified atom stereocenters. The van der Waals surface area contributed by atoms with Crippen LogP contribution < -0.4 is 0 Å². The molecule has 2 aliphatic heterocycles. The number of benzene rings is 3. The first-order valence-corrected chi connectivity index (χ1v) is 12.6. The quantitative estimate of drug-likeness (QED) is 0.369. The number of rotatable bonds is 11. The van der Waals surface area contributed by atoms with Crippen LogP contribution in [0, 0.1) is 0 Å². The van der Waals surface area contributed by atoms with E-state index >= 15 is 0 Å². The summed E-state index contributed by atoms with van der Waals surface area (Å²) < 4.78 is 43.2. The summed E-state index contributed by atoms with van der Waals surface area (Å²) in [5.74, 6) is -1.24. The molecule has 2 aliphatic rings. The molecule has 2 heterocycles. The van der Waals surface area contributed by atoms with Gasteiger partial charge in [-0.3, -0.25) is 4.74 Å². The lowest BCUT2D eigenvalue weighted by Crippen LogP contribution is -2.59. The Hall–Kier alpha value is -2.62. The SMILES string of the molecule is COC1(C)OC2O[C@H](COCc3ccccc3)[C@@H](OCc3ccccc3)[C@H](OCc3ccccc3)[C@@H]2O1. The normalized spacial score (nSPS) is 29.2. The Balaban J connectivity index is 1.36. The second-order valence-corrected chi connectivity index (χ2v) is 9.33. The Labute approximate surface area is 218 Å². The zero-order chi connectivity index (χ0) is 25.5. The fraction of sp³-hybridized carbons (Fsp3) is 0.400. The Morgan fingerprint density at radius 2 is 1.19 bits per heavy atom. The van der Waals surface area contributed by atoms with Crippen molar-refractivity contribution in [2.45, 2.75) is 63.4 Å². The van der Waals surface area contributed by atoms with Crippen molar-refractivity contribution in [1.82, 2.24) is 0 Å². The van der Waals surface area contributed by atoms with Gasteiger partial charge in [0.05, 0.1) is 26.4 Å². The molecule has 0 aliphatic carbocycles. The van der Waals surface area contributed by atoms with Crippen LogP contribution in [0.5, 0.6) is 0 Å². The summed E-state index contributed by atoms with van der Waals surface area (Å²) in [6.45, 7) is 3.28. The van der Waals surface area contributed by atoms with Crippen LogP contribution in [0.4, 0.5) is 0 Å². The fourth-order valence-electron chi connectivity index (χ4n) is 4.61. The topological polar surface area (TPSA) is 64.6 Å². The van der Waals surface area contributed by atoms with Crippen LogP contribution in [0.25, 0.3) is 0 Å². The van der Waals surface area contributed by atoms with Crippen LogP contribution in [0.1, 0.15) is 23.6 Å². The lowest BCUT2D eigenvalue weighted by Gasteiger charge is -2.42. The average Bonchev–Trinajstić information content (AvgIpc) is 3.29. The molecule has 7 nitrogen and oxygen atoms in total. The second kappa shape index (κ2) is 12.3. The van der Waals surface area contributed by atoms with E-state index in [2.05, 4.69) is 0 Å². The largest absolute Gasteiger partial charge is 0.374 e. The third kappa shape index (κ3) is 6.64. The molecule has 7 heteroatoms. The highest BCUT2D eigenvalue weighted by Gasteiger charge is 2.57. The smallest absolute Gasteiger partial charge is 0.282 e. The minimum atomic E-state index is -1.24. The molecule has 0 bridgehead atoms. The van der Waals surface area contributed by atoms with Gasteiger partial charge in [0.2, 0.25) is 0 Å². The Kier molecular flexibility index (Phi) is 8.63. The standard InChI is InChI=1S/C30H34O7/c1-30(31-2)36-28-27(34-20-24-16-10-5-11-17-24)26(33-19-23-14-8-4-9-15-23)25(35-29(28)37-30)21-32-18-22-12-6-3-7-13-22/h3-17,25-29H,18-21H2,1-2H3/t25-,26-,27+,28+,29?,30?/m1/s1. The highest BCUT2D eigenvalue weighted by molar-refractivity contribution is 5.15. The molecule has 0 amide bonds. The Morgan fingerprint density at radius 1 is 0.676 bits per heavy atom. The summed E-state index contributed by atoms with van der Waals surface area (Å²) >= 11 is 0. The van der Waals surface area contributed by atoms with Crippen molar-refractivity contribution in [3.05, 3.63) is 108 Å². The van der Waals surface area contributed by atoms with E-state index in [1.54, 1.807) is 14.0 Å². The number of methoxy groups -OCH3 is 1. The third-order valence-electron chi connectivity index (χ3n) is 6.61. The highest BCUT2D eigenvalue weighted by atomic mass is 16.9. The van der Waals surface area contributed by atoms with Gasteiger partial charge in [-0.1, -0.05) is 91.0 Å². The Bertz CT molecular complexity index is 1080. The molecule has 196 valence electrons. The van der Waals surface area contributed by atoms with Crippen molar-refractivity contribution in [3.63, 3.8) is 0 Å². The molecule has 0 saturated carbocycles. The monoisotopic (exact) mass is 506 g/mol. The van der Waals surface area contributed by atoms with Crippen LogP contribution in [0.2, 0.25) is 0 Å². The first-order valence-electron chi connectivity index (χ1n) is 12.6. The van der Waals surface area contributed by atoms with Gasteiger partial charge in [-0.25, -0.2) is 0 Å². The molecular weight excluding hydrogens is 472 g/mol. The highest BCUT2D eigenvalue weighted by Crippen LogP contribution is 2.39. The van der Waals surface area contributed by atoms with Gasteiger partial charge in [0.15, 0.2) is 6.29 Å². The van der Waals surface area contributed by atoms with Crippen LogP contribution in [0.15, 0.2) is 91.0 Å². The number of hydrogen-bond donors (Lipinski definition) is 0. The minimum Gasteiger partial charge on any atom is -0.374 e. The van der Waals surface area contributed by atoms with E-state index in [9.17, 15) is 0 Å². The minimum absolute atomic E-state index is 0.301. The van der Waals surface area contributed by atoms with Crippen molar-refractivity contribution in [2.24, 2.45) is 0 Å². The fourth-order valence-corrected chi connectivity index (χ4v) is 4.61. The molecule has 2 saturated heterocycles. The predicted octanol–water partition coefficient (Wildman–Crippen LogP) is 4.83. The predicted molar refractivity (Wildman–Crippen MR) is 136 cm³/mol. The summed E-state index contributed by atoms with van der Waals surface area (Å²) in [4.78, 5) is 0. The zero-order valence-corrected chi connectivity index (χ0v) is 21.2. The van der Waals surface area contributed by atoms with Gasteiger partial charge in [-0.05, 0) is 16.7 Å². The third-order valence-corrected chi connectivity index (χ3v) is 6.61. The molecule has 2 fully saturated rings. The maximum absolute atomic E-state index is 6.50. The number of fused-ring (bicyclic) bond motifs is 1. The second-order valence-electron chi connectivity index (χ2n) is 9.33. The van der Waals surface area contributed by atoms with Crippen molar-refractivity contribution in [1.29, 1.82) is 0 Å². The van der Waals surface area contributed by atoms with E-state index < -0.39 is 36.7 Å². The molecule has 3 aromatic rings. The molecule has 6 atom stereocenters. The molecule has 5 rings (SSSR count). The van der Waals surface area contributed by atoms with Gasteiger partial charge in [-0.15, -0.1) is 0 Å². The molecule has 0 radical (unpaired) electrons. The van der Waals surface area contributed by atoms with E-state index in [1.807, 2.05) is 91.0 Å². The van der Waals surface area contributed by atoms with E-state index in [0.717, 1.165) is 16.7 Å². The van der Waals surface area contributed by atoms with Gasteiger partial charge in [0, 0.05) is 14.0 Å². The summed E-state index contributed by atoms with van der Waals surface area (Å²) in [7, 11) is 1.54. The van der Waals surface area contributed by atoms with Crippen molar-refractivity contribution < 1.29 is 33.2 Å². The van der Waals surface area contributed by atoms with E-state index in [4.69, 9.17) is 33.2 Å². The molecule has 0 N–H and O–H groups in total. The van der Waals surface area contributed by atoms with Crippen molar-refractivity contribution in [3.8, 4) is 0 Å². The first-order chi connectivity index (χ1) is 18.1. The molecule has 0 spiro atoms. The van der Waals surface area contributed by atoms with Crippen LogP contribution >= 0.6 is 0 Å². The van der Waals surface area contributed by atoms with E-state index in [0.29, 0.717) is 26.4 Å². The summed E-state index contributed by atoms with van der Waals surface area (Å²) in [6.07, 6.45) is -2.63. The van der Waals surface area contributed by atoms with E-state index in [-0.39, 0.29) is 0 Å². The lowest BCUT2D eigenvalue weighted by molar-refractivity contribution is -0.334. The summed E-state index contributed by atoms with van der Waals surface area (Å²) in [6, 6.07) is 30.1. The van der Waals surface area contributed by atoms with Crippen LogP contribution in [0.3, 0.4) is 0 Å². The lowest BCUT2D eigenvalue weighted by atomic mass is 9.98. The van der Waals surface area contributed by atoms with Gasteiger partial charge in [-0.2, -0.15) is 0 Å². The number of hydrogen-bond acceptors (Lipinski definition) is 7. The Morgan fingerprint density at radius 3 is 1.73 bits per heavy atom. The van der Waals surface area contributed by atoms with Crippen LogP contribution in [-0.4, -0.2) is 50.4 Å². The molecule has 0 aromatic heterocycles. The van der Waals surface area contributed by atoms with Crippen molar-refractivity contribution in [2.75, 3.05) is 13.7 Å². The number of ether oxygens (including phenoxy) is 7. The van der Waals surface area contributed by atoms with Gasteiger partial charge in [0.1, 0.15) is 24.4 Å². The molecule has 3 aromatic carbocycles. The van der Waals surface area contributed by atoms with Gasteiger partial charge < -0.3 is 28.4 Å². The first kappa shape index (κ1) is 26.0. The van der Waals surface area contributed by atoms with Crippen molar-refractivity contribution >= 4 is 0 Å². The zero-order valence-electron chi connectivity index (χ0n) is 21.2. The summed E-state index contributed by atoms with van der Waals surface area (Å²) in [5, 5.41) is 0. The average molecular weight is 507 g/mol. The van der Waals surface area contributed by atoms with Gasteiger partial charge in [0.25, 0.3) is 5.97 Å². The molecule has 37 heavy (non-hydrogen) atoms. The maximum atomic E-state index is 6.50. The molecular formula is C30H34O7.